The van der Waals surface area contributed by atoms with Crippen molar-refractivity contribution in [2.75, 3.05) is 16.8 Å². The molecule has 1 amide bonds. The van der Waals surface area contributed by atoms with E-state index < -0.39 is 11.6 Å². The lowest BCUT2D eigenvalue weighted by Gasteiger charge is -2.31. The second-order valence-corrected chi connectivity index (χ2v) is 6.72. The summed E-state index contributed by atoms with van der Waals surface area (Å²) in [5, 5.41) is 7.35. The van der Waals surface area contributed by atoms with Crippen LogP contribution in [0.1, 0.15) is 29.1 Å². The molecule has 2 aromatic carbocycles. The molecule has 0 aliphatic carbocycles. The first-order valence-corrected chi connectivity index (χ1v) is 8.76. The van der Waals surface area contributed by atoms with Gasteiger partial charge in [0.25, 0.3) is 5.91 Å². The lowest BCUT2D eigenvalue weighted by atomic mass is 10.1. The van der Waals surface area contributed by atoms with Gasteiger partial charge in [0.2, 0.25) is 0 Å². The number of nitrogens with one attached hydrogen (secondary N) is 1. The van der Waals surface area contributed by atoms with E-state index in [0.717, 1.165) is 6.07 Å². The third kappa shape index (κ3) is 3.45. The molecule has 0 spiro atoms. The highest BCUT2D eigenvalue weighted by atomic mass is 19.1. The number of rotatable bonds is 4. The molecule has 2 heterocycles. The Bertz CT molecular complexity index is 1010. The lowest BCUT2D eigenvalue weighted by Crippen LogP contribution is -2.42. The Labute approximate surface area is 159 Å². The van der Waals surface area contributed by atoms with Gasteiger partial charge < -0.3 is 10.2 Å². The normalized spacial score (nSPS) is 16.2. The van der Waals surface area contributed by atoms with E-state index >= 15 is 0 Å². The molecule has 144 valence electrons. The molecule has 0 radical (unpaired) electrons. The quantitative estimate of drug-likeness (QED) is 0.733. The summed E-state index contributed by atoms with van der Waals surface area (Å²) in [6.07, 6.45) is 0. The molecule has 3 aromatic rings. The number of fused-ring (bicyclic) bond motifs is 1. The first-order chi connectivity index (χ1) is 13.4. The standard InChI is InChI=1S/C20H17F3N4O/c1-12-11-26(18-4-2-13(21)3-5-18)20(28)19-9-17(25-27(12)19)10-24-16-7-14(22)6-15(23)8-16/h2-9,12,24H,10-11H2,1H3. The molecule has 1 aliphatic rings. The summed E-state index contributed by atoms with van der Waals surface area (Å²) in [4.78, 5) is 14.5. The summed E-state index contributed by atoms with van der Waals surface area (Å²) in [5.74, 6) is -1.95. The molecule has 1 aromatic heterocycles. The van der Waals surface area contributed by atoms with Crippen molar-refractivity contribution < 1.29 is 18.0 Å². The van der Waals surface area contributed by atoms with Crippen LogP contribution in [-0.4, -0.2) is 22.2 Å². The number of hydrogen-bond donors (Lipinski definition) is 1. The topological polar surface area (TPSA) is 50.2 Å². The average molecular weight is 386 g/mol. The maximum atomic E-state index is 13.3. The van der Waals surface area contributed by atoms with Crippen molar-refractivity contribution in [3.05, 3.63) is 77.4 Å². The maximum Gasteiger partial charge on any atom is 0.276 e. The second kappa shape index (κ2) is 7.03. The minimum absolute atomic E-state index is 0.0851. The van der Waals surface area contributed by atoms with Gasteiger partial charge in [0.05, 0.1) is 18.3 Å². The van der Waals surface area contributed by atoms with E-state index in [0.29, 0.717) is 23.6 Å². The maximum absolute atomic E-state index is 13.3. The number of benzene rings is 2. The molecule has 0 saturated heterocycles. The molecular formula is C20H17F3N4O. The van der Waals surface area contributed by atoms with Crippen LogP contribution in [0.5, 0.6) is 0 Å². The van der Waals surface area contributed by atoms with Crippen molar-refractivity contribution in [1.29, 1.82) is 0 Å². The van der Waals surface area contributed by atoms with Gasteiger partial charge in [0.15, 0.2) is 0 Å². The minimum atomic E-state index is -0.676. The van der Waals surface area contributed by atoms with Crippen LogP contribution in [0.3, 0.4) is 0 Å². The molecule has 1 atom stereocenters. The highest BCUT2D eigenvalue weighted by molar-refractivity contribution is 6.05. The molecule has 8 heteroatoms. The zero-order valence-electron chi connectivity index (χ0n) is 15.0. The van der Waals surface area contributed by atoms with Crippen molar-refractivity contribution in [3.8, 4) is 0 Å². The number of hydrogen-bond acceptors (Lipinski definition) is 3. The van der Waals surface area contributed by atoms with E-state index in [2.05, 4.69) is 10.4 Å². The summed E-state index contributed by atoms with van der Waals surface area (Å²) in [7, 11) is 0. The molecule has 0 fully saturated rings. The summed E-state index contributed by atoms with van der Waals surface area (Å²) < 4.78 is 41.4. The Hall–Kier alpha value is -3.29. The zero-order chi connectivity index (χ0) is 19.8. The van der Waals surface area contributed by atoms with Crippen LogP contribution in [0.2, 0.25) is 0 Å². The van der Waals surface area contributed by atoms with E-state index in [-0.39, 0.29) is 30.0 Å². The SMILES string of the molecule is CC1CN(c2ccc(F)cc2)C(=O)c2cc(CNc3cc(F)cc(F)c3)nn21. The fraction of sp³-hybridized carbons (Fsp3) is 0.200. The van der Waals surface area contributed by atoms with E-state index in [4.69, 9.17) is 0 Å². The van der Waals surface area contributed by atoms with Crippen LogP contribution in [-0.2, 0) is 6.54 Å². The van der Waals surface area contributed by atoms with Crippen LogP contribution < -0.4 is 10.2 Å². The minimum Gasteiger partial charge on any atom is -0.379 e. The Morgan fingerprint density at radius 3 is 2.39 bits per heavy atom. The summed E-state index contributed by atoms with van der Waals surface area (Å²) in [6.45, 7) is 2.54. The molecule has 4 rings (SSSR count). The Morgan fingerprint density at radius 2 is 1.71 bits per heavy atom. The van der Waals surface area contributed by atoms with Gasteiger partial charge in [-0.15, -0.1) is 0 Å². The number of carbonyl (C=O) groups is 1. The number of anilines is 2. The molecule has 5 nitrogen and oxygen atoms in total. The van der Waals surface area contributed by atoms with E-state index in [1.807, 2.05) is 6.92 Å². The number of aromatic nitrogens is 2. The van der Waals surface area contributed by atoms with Crippen molar-refractivity contribution in [3.63, 3.8) is 0 Å². The Morgan fingerprint density at radius 1 is 1.04 bits per heavy atom. The number of halogens is 3. The second-order valence-electron chi connectivity index (χ2n) is 6.72. The first kappa shape index (κ1) is 18.1. The van der Waals surface area contributed by atoms with E-state index in [9.17, 15) is 18.0 Å². The Kier molecular flexibility index (Phi) is 4.54. The van der Waals surface area contributed by atoms with E-state index in [1.54, 1.807) is 27.8 Å². The van der Waals surface area contributed by atoms with Crippen molar-refractivity contribution >= 4 is 17.3 Å². The number of nitrogens with zero attached hydrogens (tertiary/aromatic N) is 3. The van der Waals surface area contributed by atoms with Gasteiger partial charge in [-0.1, -0.05) is 0 Å². The van der Waals surface area contributed by atoms with Gasteiger partial charge in [-0.2, -0.15) is 5.10 Å². The van der Waals surface area contributed by atoms with Gasteiger partial charge in [-0.3, -0.25) is 9.48 Å². The summed E-state index contributed by atoms with van der Waals surface area (Å²) in [5.41, 5.74) is 1.88. The molecule has 0 saturated carbocycles. The van der Waals surface area contributed by atoms with Crippen molar-refractivity contribution in [2.24, 2.45) is 0 Å². The third-order valence-corrected chi connectivity index (χ3v) is 4.59. The van der Waals surface area contributed by atoms with Crippen LogP contribution in [0.15, 0.2) is 48.5 Å². The monoisotopic (exact) mass is 386 g/mol. The molecule has 28 heavy (non-hydrogen) atoms. The van der Waals surface area contributed by atoms with Gasteiger partial charge in [0.1, 0.15) is 23.1 Å². The fourth-order valence-electron chi connectivity index (χ4n) is 3.28. The predicted octanol–water partition coefficient (Wildman–Crippen LogP) is 4.13. The van der Waals surface area contributed by atoms with Gasteiger partial charge in [-0.25, -0.2) is 13.2 Å². The van der Waals surface area contributed by atoms with Crippen molar-refractivity contribution in [2.45, 2.75) is 19.5 Å². The zero-order valence-corrected chi connectivity index (χ0v) is 15.0. The largest absolute Gasteiger partial charge is 0.379 e. The molecule has 1 unspecified atom stereocenters. The number of carbonyl (C=O) groups excluding carboxylic acids is 1. The van der Waals surface area contributed by atoms with Gasteiger partial charge in [-0.05, 0) is 49.4 Å². The summed E-state index contributed by atoms with van der Waals surface area (Å²) in [6, 6.07) is 10.5. The van der Waals surface area contributed by atoms with Crippen LogP contribution in [0.25, 0.3) is 0 Å². The lowest BCUT2D eigenvalue weighted by molar-refractivity contribution is 0.0953. The summed E-state index contributed by atoms with van der Waals surface area (Å²) >= 11 is 0. The molecule has 1 N–H and O–H groups in total. The predicted molar refractivity (Wildman–Crippen MR) is 98.7 cm³/mol. The Balaban J connectivity index is 1.55. The smallest absolute Gasteiger partial charge is 0.276 e. The average Bonchev–Trinajstić information content (AvgIpc) is 3.08. The van der Waals surface area contributed by atoms with E-state index in [1.165, 1.54) is 24.3 Å². The molecular weight excluding hydrogens is 369 g/mol. The molecule has 1 aliphatic heterocycles. The fourth-order valence-corrected chi connectivity index (χ4v) is 3.28. The highest BCUT2D eigenvalue weighted by Gasteiger charge is 2.31. The van der Waals surface area contributed by atoms with Crippen LogP contribution in [0.4, 0.5) is 24.5 Å². The van der Waals surface area contributed by atoms with Gasteiger partial charge >= 0.3 is 0 Å². The van der Waals surface area contributed by atoms with Crippen molar-refractivity contribution in [1.82, 2.24) is 9.78 Å². The highest BCUT2D eigenvalue weighted by Crippen LogP contribution is 2.27. The van der Waals surface area contributed by atoms with Crippen LogP contribution in [0, 0.1) is 17.5 Å². The first-order valence-electron chi connectivity index (χ1n) is 8.76. The van der Waals surface area contributed by atoms with Crippen LogP contribution >= 0.6 is 0 Å². The van der Waals surface area contributed by atoms with Gasteiger partial charge in [0, 0.05) is 24.0 Å². The number of amides is 1. The molecule has 0 bridgehead atoms. The third-order valence-electron chi connectivity index (χ3n) is 4.59.